The predicted octanol–water partition coefficient (Wildman–Crippen LogP) is 4.74. The maximum atomic E-state index is 13.7. The molecule has 3 aliphatic carbocycles. The Morgan fingerprint density at radius 2 is 1.34 bits per heavy atom. The van der Waals surface area contributed by atoms with Crippen LogP contribution in [0.1, 0.15) is 33.7 Å². The van der Waals surface area contributed by atoms with Crippen molar-refractivity contribution in [2.24, 2.45) is 11.8 Å². The molecule has 2 amide bonds. The normalized spacial score (nSPS) is 28.9. The molecule has 2 bridgehead atoms. The van der Waals surface area contributed by atoms with Gasteiger partial charge in [-0.15, -0.1) is 11.6 Å². The van der Waals surface area contributed by atoms with Crippen molar-refractivity contribution >= 4 is 29.1 Å². The number of amides is 2. The molecule has 0 aromatic heterocycles. The second-order valence-electron chi connectivity index (χ2n) is 8.17. The van der Waals surface area contributed by atoms with E-state index in [9.17, 15) is 9.59 Å². The van der Waals surface area contributed by atoms with Gasteiger partial charge in [-0.25, -0.2) is 4.90 Å². The van der Waals surface area contributed by atoms with Crippen LogP contribution in [0.3, 0.4) is 0 Å². The minimum Gasteiger partial charge on any atom is -0.274 e. The second kappa shape index (κ2) is 5.58. The summed E-state index contributed by atoms with van der Waals surface area (Å²) in [6, 6.07) is 23.5. The fraction of sp³-hybridized carbons (Fsp3) is 0.200. The molecule has 142 valence electrons. The summed E-state index contributed by atoms with van der Waals surface area (Å²) in [7, 11) is 0. The lowest BCUT2D eigenvalue weighted by Gasteiger charge is -2.50. The number of halogens is 1. The van der Waals surface area contributed by atoms with Crippen molar-refractivity contribution in [2.45, 2.75) is 17.7 Å². The number of rotatable bonds is 1. The van der Waals surface area contributed by atoms with Gasteiger partial charge in [-0.05, 0) is 40.8 Å². The number of carbonyl (C=O) groups is 2. The molecule has 0 radical (unpaired) electrons. The number of aryl methyl sites for hydroxylation is 1. The molecular formula is C25H18ClNO2. The smallest absolute Gasteiger partial charge is 0.240 e. The van der Waals surface area contributed by atoms with Gasteiger partial charge in [0, 0.05) is 5.92 Å². The molecule has 0 N–H and O–H groups in total. The van der Waals surface area contributed by atoms with Crippen LogP contribution < -0.4 is 4.90 Å². The summed E-state index contributed by atoms with van der Waals surface area (Å²) in [5.74, 6) is -1.58. The molecule has 29 heavy (non-hydrogen) atoms. The van der Waals surface area contributed by atoms with Crippen LogP contribution in [0.15, 0.2) is 72.8 Å². The van der Waals surface area contributed by atoms with Crippen molar-refractivity contribution in [3.05, 3.63) is 101 Å². The molecule has 0 unspecified atom stereocenters. The Kier molecular flexibility index (Phi) is 3.27. The molecule has 3 nitrogen and oxygen atoms in total. The minimum absolute atomic E-state index is 0.145. The number of hydrogen-bond donors (Lipinski definition) is 0. The Bertz CT molecular complexity index is 1170. The number of nitrogens with zero attached hydrogens (tertiary/aromatic N) is 1. The molecule has 4 heteroatoms. The van der Waals surface area contributed by atoms with Gasteiger partial charge in [0.2, 0.25) is 11.8 Å². The molecule has 2 atom stereocenters. The molecule has 1 heterocycles. The number of anilines is 1. The number of alkyl halides is 1. The van der Waals surface area contributed by atoms with Gasteiger partial charge in [-0.3, -0.25) is 9.59 Å². The van der Waals surface area contributed by atoms with Gasteiger partial charge in [-0.1, -0.05) is 66.7 Å². The second-order valence-corrected chi connectivity index (χ2v) is 8.76. The summed E-state index contributed by atoms with van der Waals surface area (Å²) >= 11 is 7.41. The van der Waals surface area contributed by atoms with Crippen molar-refractivity contribution in [2.75, 3.05) is 4.90 Å². The van der Waals surface area contributed by atoms with Crippen LogP contribution in [-0.4, -0.2) is 11.8 Å². The highest BCUT2D eigenvalue weighted by Gasteiger charge is 2.68. The summed E-state index contributed by atoms with van der Waals surface area (Å²) in [4.78, 5) is 27.8. The van der Waals surface area contributed by atoms with E-state index >= 15 is 0 Å². The van der Waals surface area contributed by atoms with Crippen molar-refractivity contribution in [3.8, 4) is 0 Å². The fourth-order valence-electron chi connectivity index (χ4n) is 5.73. The number of para-hydroxylation sites is 1. The molecule has 0 saturated carbocycles. The summed E-state index contributed by atoms with van der Waals surface area (Å²) in [6.07, 6.45) is 0. The van der Waals surface area contributed by atoms with Gasteiger partial charge in [0.15, 0.2) is 0 Å². The first kappa shape index (κ1) is 17.0. The summed E-state index contributed by atoms with van der Waals surface area (Å²) in [6.45, 7) is 1.92. The highest BCUT2D eigenvalue weighted by atomic mass is 35.5. The van der Waals surface area contributed by atoms with E-state index in [4.69, 9.17) is 11.6 Å². The Hall–Kier alpha value is -2.91. The molecular weight excluding hydrogens is 382 g/mol. The van der Waals surface area contributed by atoms with Gasteiger partial charge in [0.1, 0.15) is 4.87 Å². The predicted molar refractivity (Wildman–Crippen MR) is 112 cm³/mol. The van der Waals surface area contributed by atoms with Crippen LogP contribution >= 0.6 is 11.6 Å². The first-order valence-electron chi connectivity index (χ1n) is 9.86. The monoisotopic (exact) mass is 399 g/mol. The molecule has 1 aliphatic heterocycles. The minimum atomic E-state index is -1.03. The van der Waals surface area contributed by atoms with E-state index in [1.54, 1.807) is 0 Å². The summed E-state index contributed by atoms with van der Waals surface area (Å²) in [5.41, 5.74) is 5.60. The summed E-state index contributed by atoms with van der Waals surface area (Å²) in [5, 5.41) is 0. The average molecular weight is 400 g/mol. The zero-order valence-electron chi connectivity index (χ0n) is 15.8. The Labute approximate surface area is 173 Å². The highest BCUT2D eigenvalue weighted by molar-refractivity contribution is 6.33. The lowest BCUT2D eigenvalue weighted by atomic mass is 9.54. The van der Waals surface area contributed by atoms with Gasteiger partial charge in [0.25, 0.3) is 0 Å². The van der Waals surface area contributed by atoms with E-state index in [0.717, 1.165) is 27.8 Å². The fourth-order valence-corrected chi connectivity index (χ4v) is 6.30. The van der Waals surface area contributed by atoms with Crippen LogP contribution in [0.2, 0.25) is 0 Å². The maximum absolute atomic E-state index is 13.7. The highest BCUT2D eigenvalue weighted by Crippen LogP contribution is 2.65. The molecule has 1 fully saturated rings. The van der Waals surface area contributed by atoms with Gasteiger partial charge in [-0.2, -0.15) is 0 Å². The molecule has 3 aromatic carbocycles. The third-order valence-corrected chi connectivity index (χ3v) is 7.51. The van der Waals surface area contributed by atoms with Gasteiger partial charge >= 0.3 is 0 Å². The molecule has 3 aromatic rings. The Morgan fingerprint density at radius 3 is 1.97 bits per heavy atom. The van der Waals surface area contributed by atoms with Crippen LogP contribution in [0.4, 0.5) is 5.69 Å². The van der Waals surface area contributed by atoms with Crippen molar-refractivity contribution < 1.29 is 9.59 Å². The van der Waals surface area contributed by atoms with Crippen LogP contribution in [0.5, 0.6) is 0 Å². The van der Waals surface area contributed by atoms with Crippen molar-refractivity contribution in [1.82, 2.24) is 0 Å². The first-order chi connectivity index (χ1) is 14.0. The maximum Gasteiger partial charge on any atom is 0.240 e. The lowest BCUT2D eigenvalue weighted by Crippen LogP contribution is -2.50. The number of benzene rings is 3. The third-order valence-electron chi connectivity index (χ3n) is 6.87. The van der Waals surface area contributed by atoms with Crippen LogP contribution in [0, 0.1) is 18.8 Å². The molecule has 1 saturated heterocycles. The standard InChI is InChI=1S/C25H18ClNO2/c1-14-8-2-7-13-19(14)27-23(28)21-20-15-9-3-5-11-17(15)25(26,22(21)24(27)29)18-12-6-4-10-16(18)20/h2-13,20-22H,1H3/t20?,21-,22-,25?/m0/s1. The molecule has 4 aliphatic rings. The van der Waals surface area contributed by atoms with Crippen LogP contribution in [0.25, 0.3) is 0 Å². The summed E-state index contributed by atoms with van der Waals surface area (Å²) < 4.78 is 0. The average Bonchev–Trinajstić information content (AvgIpc) is 3.01. The largest absolute Gasteiger partial charge is 0.274 e. The van der Waals surface area contributed by atoms with Gasteiger partial charge < -0.3 is 0 Å². The van der Waals surface area contributed by atoms with E-state index in [0.29, 0.717) is 5.69 Å². The number of hydrogen-bond acceptors (Lipinski definition) is 2. The third kappa shape index (κ3) is 1.89. The van der Waals surface area contributed by atoms with Crippen molar-refractivity contribution in [3.63, 3.8) is 0 Å². The lowest BCUT2D eigenvalue weighted by molar-refractivity contribution is -0.122. The van der Waals surface area contributed by atoms with E-state index in [1.165, 1.54) is 4.90 Å². The SMILES string of the molecule is Cc1ccccc1N1C(=O)[C@@H]2[C@@H](C1=O)C1c3ccccc3C2(Cl)c2ccccc21. The number of carbonyl (C=O) groups excluding carboxylic acids is 2. The zero-order valence-corrected chi connectivity index (χ0v) is 16.6. The van der Waals surface area contributed by atoms with E-state index in [2.05, 4.69) is 12.1 Å². The van der Waals surface area contributed by atoms with E-state index < -0.39 is 16.7 Å². The number of imide groups is 1. The van der Waals surface area contributed by atoms with Crippen LogP contribution in [-0.2, 0) is 14.5 Å². The zero-order chi connectivity index (χ0) is 19.9. The Morgan fingerprint density at radius 1 is 0.793 bits per heavy atom. The first-order valence-corrected chi connectivity index (χ1v) is 10.2. The van der Waals surface area contributed by atoms with Crippen molar-refractivity contribution in [1.29, 1.82) is 0 Å². The van der Waals surface area contributed by atoms with E-state index in [-0.39, 0.29) is 17.7 Å². The quantitative estimate of drug-likeness (QED) is 0.437. The van der Waals surface area contributed by atoms with Gasteiger partial charge in [0.05, 0.1) is 17.5 Å². The Balaban J connectivity index is 1.64. The molecule has 7 rings (SSSR count). The molecule has 0 spiro atoms. The topological polar surface area (TPSA) is 37.4 Å². The van der Waals surface area contributed by atoms with E-state index in [1.807, 2.05) is 67.6 Å².